The first-order valence-electron chi connectivity index (χ1n) is 10.5. The van der Waals surface area contributed by atoms with Gasteiger partial charge in [-0.1, -0.05) is 40.9 Å². The van der Waals surface area contributed by atoms with Gasteiger partial charge in [-0.15, -0.1) is 0 Å². The van der Waals surface area contributed by atoms with Gasteiger partial charge in [0.15, 0.2) is 12.4 Å². The summed E-state index contributed by atoms with van der Waals surface area (Å²) in [7, 11) is 0. The highest BCUT2D eigenvalue weighted by Crippen LogP contribution is 2.28. The van der Waals surface area contributed by atoms with Gasteiger partial charge in [-0.25, -0.2) is 0 Å². The second kappa shape index (κ2) is 11.4. The molecule has 7 heteroatoms. The predicted octanol–water partition coefficient (Wildman–Crippen LogP) is 5.39. The molecule has 166 valence electrons. The normalized spacial score (nSPS) is 18.3. The van der Waals surface area contributed by atoms with Gasteiger partial charge in [-0.3, -0.25) is 9.59 Å². The Balaban J connectivity index is 1.32. The first kappa shape index (κ1) is 23.4. The van der Waals surface area contributed by atoms with Crippen molar-refractivity contribution in [3.63, 3.8) is 0 Å². The number of aryl methyl sites for hydroxylation is 1. The first-order chi connectivity index (χ1) is 14.9. The van der Waals surface area contributed by atoms with Crippen LogP contribution < -0.4 is 14.8 Å². The van der Waals surface area contributed by atoms with E-state index >= 15 is 0 Å². The van der Waals surface area contributed by atoms with Crippen LogP contribution in [0.15, 0.2) is 42.5 Å². The zero-order chi connectivity index (χ0) is 22.2. The molecule has 0 unspecified atom stereocenters. The van der Waals surface area contributed by atoms with E-state index in [1.165, 1.54) is 0 Å². The zero-order valence-corrected chi connectivity index (χ0v) is 19.0. The monoisotopic (exact) mass is 463 g/mol. The molecule has 0 radical (unpaired) electrons. The van der Waals surface area contributed by atoms with Crippen molar-refractivity contribution in [3.8, 4) is 11.5 Å². The molecule has 1 aliphatic rings. The summed E-state index contributed by atoms with van der Waals surface area (Å²) in [6.45, 7) is 2.04. The highest BCUT2D eigenvalue weighted by molar-refractivity contribution is 6.42. The van der Waals surface area contributed by atoms with Crippen molar-refractivity contribution in [2.75, 3.05) is 13.2 Å². The standard InChI is InChI=1S/C24H27Cl2NO4/c1-16-2-8-20(9-3-16)30-14-19(28)12-17-4-6-18(7-5-17)27-24(29)15-31-21-10-11-22(25)23(26)13-21/h2-3,8-11,13,17-18H,4-7,12,14-15H2,1H3,(H,27,29). The molecule has 1 amide bonds. The van der Waals surface area contributed by atoms with E-state index in [1.54, 1.807) is 18.2 Å². The predicted molar refractivity (Wildman–Crippen MR) is 122 cm³/mol. The van der Waals surface area contributed by atoms with Crippen molar-refractivity contribution in [2.45, 2.75) is 45.1 Å². The molecular formula is C24H27Cl2NO4. The Morgan fingerprint density at radius 3 is 2.23 bits per heavy atom. The third-order valence-electron chi connectivity index (χ3n) is 5.41. The lowest BCUT2D eigenvalue weighted by atomic mass is 9.83. The molecule has 0 aromatic heterocycles. The van der Waals surface area contributed by atoms with Crippen molar-refractivity contribution in [1.29, 1.82) is 0 Å². The van der Waals surface area contributed by atoms with Gasteiger partial charge in [0.2, 0.25) is 0 Å². The summed E-state index contributed by atoms with van der Waals surface area (Å²) >= 11 is 11.8. The maximum absolute atomic E-state index is 12.2. The fourth-order valence-corrected chi connectivity index (χ4v) is 3.96. The van der Waals surface area contributed by atoms with E-state index in [2.05, 4.69) is 5.32 Å². The van der Waals surface area contributed by atoms with Gasteiger partial charge in [0, 0.05) is 18.5 Å². The second-order valence-corrected chi connectivity index (χ2v) is 8.81. The number of ketones is 1. The summed E-state index contributed by atoms with van der Waals surface area (Å²) in [6.07, 6.45) is 4.06. The van der Waals surface area contributed by atoms with Gasteiger partial charge >= 0.3 is 0 Å². The highest BCUT2D eigenvalue weighted by Gasteiger charge is 2.24. The Morgan fingerprint density at radius 1 is 0.903 bits per heavy atom. The molecule has 1 aliphatic carbocycles. The Labute approximate surface area is 193 Å². The Hall–Kier alpha value is -2.24. The highest BCUT2D eigenvalue weighted by atomic mass is 35.5. The lowest BCUT2D eigenvalue weighted by Gasteiger charge is -2.28. The van der Waals surface area contributed by atoms with E-state index in [0.29, 0.717) is 33.9 Å². The maximum Gasteiger partial charge on any atom is 0.258 e. The topological polar surface area (TPSA) is 64.6 Å². The van der Waals surface area contributed by atoms with Crippen molar-refractivity contribution < 1.29 is 19.1 Å². The largest absolute Gasteiger partial charge is 0.486 e. The average molecular weight is 464 g/mol. The molecule has 3 rings (SSSR count). The van der Waals surface area contributed by atoms with Gasteiger partial charge in [-0.05, 0) is 62.8 Å². The second-order valence-electron chi connectivity index (χ2n) is 7.99. The van der Waals surface area contributed by atoms with Crippen LogP contribution in [0.4, 0.5) is 0 Å². The number of ether oxygens (including phenoxy) is 2. The third-order valence-corrected chi connectivity index (χ3v) is 6.15. The number of carbonyl (C=O) groups is 2. The van der Waals surface area contributed by atoms with E-state index in [9.17, 15) is 9.59 Å². The van der Waals surface area contributed by atoms with Crippen LogP contribution in [0, 0.1) is 12.8 Å². The average Bonchev–Trinajstić information content (AvgIpc) is 2.75. The molecule has 1 N–H and O–H groups in total. The number of hydrogen-bond donors (Lipinski definition) is 1. The lowest BCUT2D eigenvalue weighted by Crippen LogP contribution is -2.40. The molecule has 0 heterocycles. The van der Waals surface area contributed by atoms with Crippen LogP contribution in [-0.4, -0.2) is 30.9 Å². The van der Waals surface area contributed by atoms with Crippen LogP contribution in [0.5, 0.6) is 11.5 Å². The maximum atomic E-state index is 12.2. The van der Waals surface area contributed by atoms with Crippen molar-refractivity contribution >= 4 is 34.9 Å². The number of nitrogens with one attached hydrogen (secondary N) is 1. The molecule has 5 nitrogen and oxygen atoms in total. The fraction of sp³-hybridized carbons (Fsp3) is 0.417. The van der Waals surface area contributed by atoms with E-state index in [4.69, 9.17) is 32.7 Å². The first-order valence-corrected chi connectivity index (χ1v) is 11.2. The summed E-state index contributed by atoms with van der Waals surface area (Å²) in [5.74, 6) is 1.50. The molecule has 0 bridgehead atoms. The van der Waals surface area contributed by atoms with Crippen LogP contribution in [0.1, 0.15) is 37.7 Å². The number of Topliss-reactive ketones (excluding diaryl/α,β-unsaturated/α-hetero) is 1. The van der Waals surface area contributed by atoms with Gasteiger partial charge in [0.25, 0.3) is 5.91 Å². The van der Waals surface area contributed by atoms with E-state index in [-0.39, 0.29) is 30.9 Å². The number of amides is 1. The Bertz CT molecular complexity index is 893. The third kappa shape index (κ3) is 7.75. The SMILES string of the molecule is Cc1ccc(OCC(=O)CC2CCC(NC(=O)COc3ccc(Cl)c(Cl)c3)CC2)cc1. The van der Waals surface area contributed by atoms with Crippen LogP contribution in [0.2, 0.25) is 10.0 Å². The molecule has 2 aromatic carbocycles. The van der Waals surface area contributed by atoms with Crippen LogP contribution in [-0.2, 0) is 9.59 Å². The summed E-state index contributed by atoms with van der Waals surface area (Å²) in [6, 6.07) is 12.7. The Kier molecular flexibility index (Phi) is 8.61. The van der Waals surface area contributed by atoms with Crippen molar-refractivity contribution in [3.05, 3.63) is 58.1 Å². The van der Waals surface area contributed by atoms with Gasteiger partial charge in [0.1, 0.15) is 18.1 Å². The van der Waals surface area contributed by atoms with Crippen molar-refractivity contribution in [1.82, 2.24) is 5.32 Å². The van der Waals surface area contributed by atoms with E-state index in [1.807, 2.05) is 31.2 Å². The van der Waals surface area contributed by atoms with E-state index < -0.39 is 0 Å². The summed E-state index contributed by atoms with van der Waals surface area (Å²) in [4.78, 5) is 24.4. The quantitative estimate of drug-likeness (QED) is 0.540. The summed E-state index contributed by atoms with van der Waals surface area (Å²) < 4.78 is 11.1. The lowest BCUT2D eigenvalue weighted by molar-refractivity contribution is -0.125. The summed E-state index contributed by atoms with van der Waals surface area (Å²) in [5, 5.41) is 3.83. The fourth-order valence-electron chi connectivity index (χ4n) is 3.67. The van der Waals surface area contributed by atoms with Gasteiger partial charge < -0.3 is 14.8 Å². The molecule has 1 fully saturated rings. The molecule has 2 aromatic rings. The number of carbonyl (C=O) groups excluding carboxylic acids is 2. The van der Waals surface area contributed by atoms with Gasteiger partial charge in [-0.2, -0.15) is 0 Å². The smallest absolute Gasteiger partial charge is 0.258 e. The molecule has 1 saturated carbocycles. The number of halogens is 2. The van der Waals surface area contributed by atoms with E-state index in [0.717, 1.165) is 31.2 Å². The minimum absolute atomic E-state index is 0.0767. The number of hydrogen-bond acceptors (Lipinski definition) is 4. The van der Waals surface area contributed by atoms with Crippen molar-refractivity contribution in [2.24, 2.45) is 5.92 Å². The van der Waals surface area contributed by atoms with Gasteiger partial charge in [0.05, 0.1) is 10.0 Å². The summed E-state index contributed by atoms with van der Waals surface area (Å²) in [5.41, 5.74) is 1.16. The molecule has 0 aliphatic heterocycles. The molecular weight excluding hydrogens is 437 g/mol. The zero-order valence-electron chi connectivity index (χ0n) is 17.5. The molecule has 0 spiro atoms. The number of rotatable bonds is 9. The molecule has 31 heavy (non-hydrogen) atoms. The van der Waals surface area contributed by atoms with Crippen LogP contribution in [0.3, 0.4) is 0 Å². The molecule has 0 saturated heterocycles. The number of benzene rings is 2. The Morgan fingerprint density at radius 2 is 1.55 bits per heavy atom. The molecule has 0 atom stereocenters. The van der Waals surface area contributed by atoms with Crippen LogP contribution in [0.25, 0.3) is 0 Å². The minimum Gasteiger partial charge on any atom is -0.486 e. The van der Waals surface area contributed by atoms with Crippen LogP contribution >= 0.6 is 23.2 Å². The minimum atomic E-state index is -0.169.